The van der Waals surface area contributed by atoms with Crippen molar-refractivity contribution in [2.75, 3.05) is 11.5 Å². The van der Waals surface area contributed by atoms with Crippen molar-refractivity contribution in [2.24, 2.45) is 5.73 Å². The Morgan fingerprint density at radius 3 is 2.43 bits per heavy atom. The molecule has 0 unspecified atom stereocenters. The summed E-state index contributed by atoms with van der Waals surface area (Å²) in [4.78, 5) is 35.4. The Balaban J connectivity index is 1.79. The van der Waals surface area contributed by atoms with Crippen LogP contribution < -0.4 is 15.4 Å². The summed E-state index contributed by atoms with van der Waals surface area (Å²) in [5.41, 5.74) is 8.58. The Bertz CT molecular complexity index is 1110. The predicted octanol–water partition coefficient (Wildman–Crippen LogP) is 3.56. The molecule has 2 aromatic carbocycles. The van der Waals surface area contributed by atoms with Crippen molar-refractivity contribution in [3.8, 4) is 17.1 Å². The number of carbonyl (C=O) groups excluding carboxylic acids is 2. The van der Waals surface area contributed by atoms with Crippen molar-refractivity contribution >= 4 is 23.3 Å². The zero-order valence-electron chi connectivity index (χ0n) is 16.9. The minimum absolute atomic E-state index is 0.0333. The summed E-state index contributed by atoms with van der Waals surface area (Å²) in [7, 11) is 0. The van der Waals surface area contributed by atoms with E-state index in [0.29, 0.717) is 35.1 Å². The summed E-state index contributed by atoms with van der Waals surface area (Å²) < 4.78 is 5.61. The number of aryl methyl sites for hydroxylation is 1. The molecule has 2 amide bonds. The van der Waals surface area contributed by atoms with Gasteiger partial charge in [0.15, 0.2) is 5.82 Å². The van der Waals surface area contributed by atoms with Crippen LogP contribution in [0.15, 0.2) is 48.5 Å². The molecule has 0 fully saturated rings. The first-order valence-corrected chi connectivity index (χ1v) is 9.81. The topological polar surface area (TPSA) is 98.4 Å². The summed E-state index contributed by atoms with van der Waals surface area (Å²) in [6, 6.07) is 14.9. The van der Waals surface area contributed by atoms with Crippen LogP contribution in [0.3, 0.4) is 0 Å². The fraction of sp³-hybridized carbons (Fsp3) is 0.217. The van der Waals surface area contributed by atoms with Gasteiger partial charge in [-0.1, -0.05) is 24.6 Å². The van der Waals surface area contributed by atoms with E-state index in [2.05, 4.69) is 9.97 Å². The maximum Gasteiger partial charge on any atom is 0.267 e. The predicted molar refractivity (Wildman–Crippen MR) is 114 cm³/mol. The van der Waals surface area contributed by atoms with Gasteiger partial charge in [0.2, 0.25) is 5.91 Å². The van der Waals surface area contributed by atoms with Crippen LogP contribution in [0.25, 0.3) is 11.4 Å². The largest absolute Gasteiger partial charge is 0.494 e. The first-order valence-electron chi connectivity index (χ1n) is 9.81. The molecule has 2 N–H and O–H groups in total. The third kappa shape index (κ3) is 3.61. The van der Waals surface area contributed by atoms with E-state index in [-0.39, 0.29) is 18.0 Å². The third-order valence-electron chi connectivity index (χ3n) is 4.89. The summed E-state index contributed by atoms with van der Waals surface area (Å²) >= 11 is 0. The molecule has 1 aromatic heterocycles. The molecule has 0 bridgehead atoms. The molecule has 4 rings (SSSR count). The molecule has 1 aliphatic heterocycles. The van der Waals surface area contributed by atoms with Crippen LogP contribution in [0.5, 0.6) is 5.75 Å². The van der Waals surface area contributed by atoms with E-state index in [4.69, 9.17) is 10.5 Å². The fourth-order valence-electron chi connectivity index (χ4n) is 3.38. The molecular weight excluding hydrogens is 380 g/mol. The van der Waals surface area contributed by atoms with Crippen LogP contribution in [0.4, 0.5) is 11.5 Å². The summed E-state index contributed by atoms with van der Waals surface area (Å²) in [6.07, 6.45) is 0.950. The number of anilines is 2. The molecule has 0 aliphatic carbocycles. The van der Waals surface area contributed by atoms with Gasteiger partial charge in [0.1, 0.15) is 17.3 Å². The second kappa shape index (κ2) is 7.94. The lowest BCUT2D eigenvalue weighted by atomic mass is 10.1. The maximum atomic E-state index is 12.8. The number of hydrogen-bond donors (Lipinski definition) is 1. The highest BCUT2D eigenvalue weighted by molar-refractivity contribution is 6.09. The Morgan fingerprint density at radius 1 is 1.10 bits per heavy atom. The number of benzene rings is 2. The summed E-state index contributed by atoms with van der Waals surface area (Å²) in [5, 5.41) is 0. The number of carbonyl (C=O) groups is 2. The number of nitrogens with zero attached hydrogens (tertiary/aromatic N) is 3. The van der Waals surface area contributed by atoms with Gasteiger partial charge in [0.25, 0.3) is 5.91 Å². The minimum atomic E-state index is -0.684. The van der Waals surface area contributed by atoms with Gasteiger partial charge < -0.3 is 10.5 Å². The Hall–Kier alpha value is -3.74. The number of amides is 2. The zero-order chi connectivity index (χ0) is 21.3. The first-order chi connectivity index (χ1) is 14.5. The highest BCUT2D eigenvalue weighted by Gasteiger charge is 2.35. The molecule has 152 valence electrons. The summed E-state index contributed by atoms with van der Waals surface area (Å²) in [5.74, 6) is 0.612. The molecule has 30 heavy (non-hydrogen) atoms. The number of rotatable bonds is 6. The van der Waals surface area contributed by atoms with Gasteiger partial charge in [-0.3, -0.25) is 14.5 Å². The van der Waals surface area contributed by atoms with Crippen LogP contribution >= 0.6 is 0 Å². The number of ether oxygens (including phenoxy) is 1. The first kappa shape index (κ1) is 19.6. The molecule has 3 aromatic rings. The molecule has 2 heterocycles. The van der Waals surface area contributed by atoms with E-state index in [1.165, 1.54) is 4.90 Å². The van der Waals surface area contributed by atoms with Crippen molar-refractivity contribution in [2.45, 2.75) is 26.7 Å². The van der Waals surface area contributed by atoms with Crippen molar-refractivity contribution < 1.29 is 14.3 Å². The molecule has 7 heteroatoms. The average Bonchev–Trinajstić information content (AvgIpc) is 3.08. The van der Waals surface area contributed by atoms with Crippen LogP contribution in [-0.2, 0) is 11.2 Å². The van der Waals surface area contributed by atoms with E-state index < -0.39 is 5.91 Å². The van der Waals surface area contributed by atoms with Crippen LogP contribution in [0.2, 0.25) is 0 Å². The molecule has 7 nitrogen and oxygen atoms in total. The van der Waals surface area contributed by atoms with Crippen LogP contribution in [0, 0.1) is 6.92 Å². The lowest BCUT2D eigenvalue weighted by Crippen LogP contribution is -2.21. The highest BCUT2D eigenvalue weighted by atomic mass is 16.5. The van der Waals surface area contributed by atoms with Gasteiger partial charge in [-0.05, 0) is 49.7 Å². The lowest BCUT2D eigenvalue weighted by molar-refractivity contribution is -0.116. The van der Waals surface area contributed by atoms with Crippen LogP contribution in [0.1, 0.15) is 35.0 Å². The Labute approximate surface area is 174 Å². The monoisotopic (exact) mass is 402 g/mol. The van der Waals surface area contributed by atoms with E-state index in [9.17, 15) is 9.59 Å². The number of fused-ring (bicyclic) bond motifs is 1. The van der Waals surface area contributed by atoms with Gasteiger partial charge in [-0.2, -0.15) is 0 Å². The Kier molecular flexibility index (Phi) is 5.18. The van der Waals surface area contributed by atoms with E-state index in [1.807, 2.05) is 62.4 Å². The molecule has 1 aliphatic rings. The van der Waals surface area contributed by atoms with Gasteiger partial charge in [-0.25, -0.2) is 9.97 Å². The SMILES string of the molecule is CCCOc1ccc(-c2nc(C(N)=O)c3c(n2)N(c2ccc(C)cc2)C(=O)C3)cc1. The second-order valence-corrected chi connectivity index (χ2v) is 7.18. The zero-order valence-corrected chi connectivity index (χ0v) is 16.9. The third-order valence-corrected chi connectivity index (χ3v) is 4.89. The van der Waals surface area contributed by atoms with E-state index in [1.54, 1.807) is 0 Å². The number of aromatic nitrogens is 2. The second-order valence-electron chi connectivity index (χ2n) is 7.18. The average molecular weight is 402 g/mol. The molecule has 0 radical (unpaired) electrons. The normalized spacial score (nSPS) is 12.7. The minimum Gasteiger partial charge on any atom is -0.494 e. The molecule has 0 spiro atoms. The fourth-order valence-corrected chi connectivity index (χ4v) is 3.38. The standard InChI is InChI=1S/C23H22N4O3/c1-3-12-30-17-10-6-15(7-11-17)22-25-20(21(24)29)18-13-19(28)27(23(18)26-22)16-8-4-14(2)5-9-16/h4-11H,3,12-13H2,1-2H3,(H2,24,29). The number of nitrogens with two attached hydrogens (primary N) is 1. The Morgan fingerprint density at radius 2 is 1.80 bits per heavy atom. The highest BCUT2D eigenvalue weighted by Crippen LogP contribution is 2.36. The van der Waals surface area contributed by atoms with Crippen molar-refractivity contribution in [3.05, 3.63) is 65.4 Å². The van der Waals surface area contributed by atoms with Crippen LogP contribution in [-0.4, -0.2) is 28.4 Å². The number of hydrogen-bond acceptors (Lipinski definition) is 5. The quantitative estimate of drug-likeness (QED) is 0.680. The van der Waals surface area contributed by atoms with Gasteiger partial charge >= 0.3 is 0 Å². The van der Waals surface area contributed by atoms with Gasteiger partial charge in [0, 0.05) is 11.1 Å². The van der Waals surface area contributed by atoms with Gasteiger partial charge in [0.05, 0.1) is 18.7 Å². The lowest BCUT2D eigenvalue weighted by Gasteiger charge is -2.18. The van der Waals surface area contributed by atoms with Crippen molar-refractivity contribution in [3.63, 3.8) is 0 Å². The molecule has 0 atom stereocenters. The van der Waals surface area contributed by atoms with E-state index in [0.717, 1.165) is 17.7 Å². The van der Waals surface area contributed by atoms with Crippen molar-refractivity contribution in [1.82, 2.24) is 9.97 Å². The molecular formula is C23H22N4O3. The summed E-state index contributed by atoms with van der Waals surface area (Å²) in [6.45, 7) is 4.65. The van der Waals surface area contributed by atoms with Crippen molar-refractivity contribution in [1.29, 1.82) is 0 Å². The molecule has 0 saturated heterocycles. The van der Waals surface area contributed by atoms with Gasteiger partial charge in [-0.15, -0.1) is 0 Å². The van der Waals surface area contributed by atoms with E-state index >= 15 is 0 Å². The maximum absolute atomic E-state index is 12.8. The molecule has 0 saturated carbocycles. The smallest absolute Gasteiger partial charge is 0.267 e. The number of primary amides is 1.